The van der Waals surface area contributed by atoms with E-state index >= 15 is 0 Å². The molecule has 5 nitrogen and oxygen atoms in total. The molecule has 0 aliphatic heterocycles. The van der Waals surface area contributed by atoms with Gasteiger partial charge in [0.05, 0.1) is 22.4 Å². The van der Waals surface area contributed by atoms with Crippen LogP contribution in [0.3, 0.4) is 0 Å². The predicted octanol–water partition coefficient (Wildman–Crippen LogP) is 14.6. The Morgan fingerprint density at radius 3 is 2.13 bits per heavy atom. The molecule has 8 aromatic rings. The van der Waals surface area contributed by atoms with Crippen molar-refractivity contribution in [2.45, 2.75) is 116 Å². The molecule has 1 radical (unpaired) electrons. The summed E-state index contributed by atoms with van der Waals surface area (Å²) in [6, 6.07) is 40.8. The summed E-state index contributed by atoms with van der Waals surface area (Å²) in [4.78, 5) is 15.0. The van der Waals surface area contributed by atoms with Gasteiger partial charge in [0.1, 0.15) is 0 Å². The van der Waals surface area contributed by atoms with Gasteiger partial charge >= 0.3 is 126 Å². The Labute approximate surface area is 385 Å². The molecule has 7 heteroatoms. The van der Waals surface area contributed by atoms with E-state index in [4.69, 9.17) is 19.4 Å². The molecule has 1 saturated carbocycles. The summed E-state index contributed by atoms with van der Waals surface area (Å²) in [7, 11) is 0. The van der Waals surface area contributed by atoms with E-state index in [0.29, 0.717) is 35.3 Å². The fourth-order valence-electron chi connectivity index (χ4n) is 9.43. The first kappa shape index (κ1) is 45.7. The van der Waals surface area contributed by atoms with Crippen molar-refractivity contribution in [3.05, 3.63) is 138 Å². The van der Waals surface area contributed by atoms with Crippen LogP contribution < -0.4 is 4.40 Å². The van der Waals surface area contributed by atoms with Crippen LogP contribution in [-0.4, -0.2) is 32.8 Å². The fourth-order valence-corrected chi connectivity index (χ4v) is 12.8. The first-order chi connectivity index (χ1) is 29.3. The van der Waals surface area contributed by atoms with Crippen LogP contribution in [0, 0.1) is 24.0 Å². The number of hydrogen-bond donors (Lipinski definition) is 0. The van der Waals surface area contributed by atoms with Gasteiger partial charge < -0.3 is 8.98 Å². The summed E-state index contributed by atoms with van der Waals surface area (Å²) in [6.07, 6.45) is 8.54. The molecule has 0 bridgehead atoms. The SMILES string of the molecule is CC(C)Cc1cc(-c2[c-]cccc2)nc[c]1[Ge]([CH3])([CH3])[CH3].CC(C)c1cccc(C(C)C)c1-n1c(-c2[c-]ccc3c2oc2nc(C(C)C4CCCC4)ccc23)nc2ccccc21.[Ir]. The van der Waals surface area contributed by atoms with Crippen molar-refractivity contribution in [1.29, 1.82) is 0 Å². The van der Waals surface area contributed by atoms with Gasteiger partial charge in [0.25, 0.3) is 0 Å². The van der Waals surface area contributed by atoms with Crippen LogP contribution in [0.4, 0.5) is 0 Å². The van der Waals surface area contributed by atoms with E-state index in [9.17, 15) is 0 Å². The van der Waals surface area contributed by atoms with Gasteiger partial charge in [-0.25, -0.2) is 4.98 Å². The molecule has 1 unspecified atom stereocenters. The molecule has 4 aromatic heterocycles. The molecule has 0 saturated heterocycles. The van der Waals surface area contributed by atoms with Crippen LogP contribution in [0.1, 0.15) is 114 Å². The minimum atomic E-state index is -1.86. The number of para-hydroxylation sites is 3. The van der Waals surface area contributed by atoms with Gasteiger partial charge in [-0.2, -0.15) is 0 Å². The summed E-state index contributed by atoms with van der Waals surface area (Å²) in [6.45, 7) is 16.0. The van der Waals surface area contributed by atoms with Gasteiger partial charge in [-0.05, 0) is 66.0 Å². The molecule has 0 N–H and O–H groups in total. The van der Waals surface area contributed by atoms with Gasteiger partial charge in [-0.3, -0.25) is 4.98 Å². The Morgan fingerprint density at radius 1 is 0.758 bits per heavy atom. The van der Waals surface area contributed by atoms with E-state index in [2.05, 4.69) is 161 Å². The normalized spacial score (nSPS) is 14.0. The molecule has 1 aliphatic carbocycles. The monoisotopic (exact) mass is 1060 g/mol. The summed E-state index contributed by atoms with van der Waals surface area (Å²) >= 11 is -1.86. The van der Waals surface area contributed by atoms with Crippen molar-refractivity contribution < 1.29 is 24.5 Å². The molecule has 4 aromatic carbocycles. The number of furan rings is 1. The molecule has 1 fully saturated rings. The Kier molecular flexibility index (Phi) is 14.1. The predicted molar refractivity (Wildman–Crippen MR) is 259 cm³/mol. The Balaban J connectivity index is 0.000000233. The third-order valence-electron chi connectivity index (χ3n) is 12.7. The Morgan fingerprint density at radius 2 is 1.47 bits per heavy atom. The molecule has 0 amide bonds. The number of nitrogens with zero attached hydrogens (tertiary/aromatic N) is 4. The maximum absolute atomic E-state index is 6.64. The van der Waals surface area contributed by atoms with Gasteiger partial charge in [-0.1, -0.05) is 88.7 Å². The molecule has 1 atom stereocenters. The second kappa shape index (κ2) is 19.2. The van der Waals surface area contributed by atoms with Crippen LogP contribution in [0.2, 0.25) is 17.3 Å². The average molecular weight is 1060 g/mol. The van der Waals surface area contributed by atoms with Crippen LogP contribution in [0.5, 0.6) is 0 Å². The summed E-state index contributed by atoms with van der Waals surface area (Å²) in [5.74, 6) is 10.7. The van der Waals surface area contributed by atoms with E-state index in [-0.39, 0.29) is 20.1 Å². The standard InChI is InChI=1S/C37H38N3O.C18H24GeN.Ir/c1-22(2)26-14-10-15-27(23(3)4)34(26)40-33-19-9-8-18-32(33)38-36(40)30-17-11-16-28-29-20-21-31(39-37(29)41-35(28)30)24(5)25-12-6-7-13-25;1-14(2)11-16-12-18(15-9-7-6-8-10-15)20-13-17(16)19(3,4)5;/h8-11,14-16,18-25H,6-7,12-13H2,1-5H3;6-9,12-14H,11H2,1-5H3;/q2*-1;. The van der Waals surface area contributed by atoms with Crippen molar-refractivity contribution in [3.8, 4) is 28.3 Å². The van der Waals surface area contributed by atoms with E-state index in [1.807, 2.05) is 24.3 Å². The van der Waals surface area contributed by atoms with Gasteiger partial charge in [0, 0.05) is 42.8 Å². The summed E-state index contributed by atoms with van der Waals surface area (Å²) in [5.41, 5.74) is 13.0. The molecule has 4 heterocycles. The zero-order valence-electron chi connectivity index (χ0n) is 38.3. The van der Waals surface area contributed by atoms with Crippen molar-refractivity contribution >= 4 is 50.8 Å². The molecule has 62 heavy (non-hydrogen) atoms. The number of aromatic nitrogens is 4. The topological polar surface area (TPSA) is 56.7 Å². The molecular formula is C55H62GeIrN4O-2. The minimum absolute atomic E-state index is 0. The smallest absolute Gasteiger partial charge is 0.216 e. The largest absolute Gasteiger partial charge is 0.486 e. The van der Waals surface area contributed by atoms with Crippen molar-refractivity contribution in [3.63, 3.8) is 0 Å². The molecule has 0 spiro atoms. The zero-order chi connectivity index (χ0) is 43.0. The van der Waals surface area contributed by atoms with Crippen LogP contribution in [0.15, 0.2) is 108 Å². The fraction of sp³-hybridized carbons (Fsp3) is 0.364. The molecule has 323 valence electrons. The van der Waals surface area contributed by atoms with E-state index < -0.39 is 13.3 Å². The summed E-state index contributed by atoms with van der Waals surface area (Å²) in [5, 5.41) is 2.10. The number of imidazole rings is 1. The first-order valence-electron chi connectivity index (χ1n) is 22.6. The number of rotatable bonds is 10. The van der Waals surface area contributed by atoms with Crippen LogP contribution >= 0.6 is 0 Å². The van der Waals surface area contributed by atoms with E-state index in [1.54, 1.807) is 4.40 Å². The van der Waals surface area contributed by atoms with Crippen molar-refractivity contribution in [2.24, 2.45) is 11.8 Å². The second-order valence-corrected chi connectivity index (χ2v) is 29.9. The van der Waals surface area contributed by atoms with Gasteiger partial charge in [0.2, 0.25) is 5.71 Å². The van der Waals surface area contributed by atoms with E-state index in [0.717, 1.165) is 62.1 Å². The maximum atomic E-state index is 6.64. The second-order valence-electron chi connectivity index (χ2n) is 19.3. The van der Waals surface area contributed by atoms with Crippen molar-refractivity contribution in [2.75, 3.05) is 0 Å². The van der Waals surface area contributed by atoms with Gasteiger partial charge in [-0.15, -0.1) is 18.2 Å². The molecular weight excluding hydrogens is 997 g/mol. The maximum Gasteiger partial charge on any atom is 0.216 e. The zero-order valence-corrected chi connectivity index (χ0v) is 42.8. The van der Waals surface area contributed by atoms with E-state index in [1.165, 1.54) is 48.1 Å². The number of fused-ring (bicyclic) bond motifs is 4. The first-order valence-corrected chi connectivity index (χ1v) is 30.0. The number of hydrogen-bond acceptors (Lipinski definition) is 4. The van der Waals surface area contributed by atoms with Crippen LogP contribution in [0.25, 0.3) is 61.4 Å². The quantitative estimate of drug-likeness (QED) is 0.101. The molecule has 1 aliphatic rings. The Bertz CT molecular complexity index is 2760. The minimum Gasteiger partial charge on any atom is -0.486 e. The van der Waals surface area contributed by atoms with Crippen molar-refractivity contribution in [1.82, 2.24) is 19.5 Å². The third-order valence-corrected chi connectivity index (χ3v) is 17.0. The average Bonchev–Trinajstić information content (AvgIpc) is 4.01. The number of pyridine rings is 2. The molecule has 9 rings (SSSR count). The Hall–Kier alpha value is -4.36. The third kappa shape index (κ3) is 9.30. The number of benzene rings is 4. The van der Waals surface area contributed by atoms with Gasteiger partial charge in [0.15, 0.2) is 0 Å². The van der Waals surface area contributed by atoms with Crippen LogP contribution in [-0.2, 0) is 26.5 Å². The summed E-state index contributed by atoms with van der Waals surface area (Å²) < 4.78 is 10.5.